The summed E-state index contributed by atoms with van der Waals surface area (Å²) < 4.78 is 5.10. The van der Waals surface area contributed by atoms with Gasteiger partial charge >= 0.3 is 0 Å². The van der Waals surface area contributed by atoms with Crippen LogP contribution in [0.4, 0.5) is 5.69 Å². The molecule has 0 amide bonds. The minimum atomic E-state index is 0.913. The van der Waals surface area contributed by atoms with Crippen LogP contribution in [0, 0.1) is 0 Å². The number of aromatic nitrogens is 2. The molecule has 0 atom stereocenters. The van der Waals surface area contributed by atoms with E-state index in [2.05, 4.69) is 89.0 Å². The molecule has 0 radical (unpaired) electrons. The van der Waals surface area contributed by atoms with E-state index in [0.29, 0.717) is 0 Å². The highest BCUT2D eigenvalue weighted by atomic mass is 16.5. The van der Waals surface area contributed by atoms with Gasteiger partial charge in [-0.2, -0.15) is 0 Å². The molecule has 41 heavy (non-hydrogen) atoms. The van der Waals surface area contributed by atoms with E-state index in [9.17, 15) is 0 Å². The fourth-order valence-electron chi connectivity index (χ4n) is 4.26. The average molecular weight is 558 g/mol. The van der Waals surface area contributed by atoms with Gasteiger partial charge in [0.25, 0.3) is 0 Å². The molecule has 2 saturated heterocycles. The minimum Gasteiger partial charge on any atom is -0.379 e. The number of pyridine rings is 2. The Hall–Kier alpha value is -3.32. The fraction of sp³-hybridized carbons (Fsp3) is 0.429. The van der Waals surface area contributed by atoms with E-state index >= 15 is 0 Å². The van der Waals surface area contributed by atoms with Crippen LogP contribution in [0.3, 0.4) is 0 Å². The van der Waals surface area contributed by atoms with Crippen molar-refractivity contribution in [3.05, 3.63) is 104 Å². The predicted octanol–water partition coefficient (Wildman–Crippen LogP) is 6.90. The average Bonchev–Trinajstić information content (AvgIpc) is 3.05. The zero-order valence-electron chi connectivity index (χ0n) is 25.7. The minimum absolute atomic E-state index is 0.913. The smallest absolute Gasteiger partial charge is 0.0701 e. The zero-order chi connectivity index (χ0) is 29.4. The highest BCUT2D eigenvalue weighted by Gasteiger charge is 2.03. The first kappa shape index (κ1) is 33.9. The van der Waals surface area contributed by atoms with Gasteiger partial charge in [0, 0.05) is 55.8 Å². The number of hydrogen-bond acceptors (Lipinski definition) is 6. The van der Waals surface area contributed by atoms with E-state index < -0.39 is 0 Å². The molecule has 222 valence electrons. The number of ether oxygens (including phenoxy) is 1. The van der Waals surface area contributed by atoms with Crippen LogP contribution in [0.1, 0.15) is 33.1 Å². The summed E-state index contributed by atoms with van der Waals surface area (Å²) >= 11 is 0. The highest BCUT2D eigenvalue weighted by Crippen LogP contribution is 2.11. The molecule has 0 saturated carbocycles. The predicted molar refractivity (Wildman–Crippen MR) is 176 cm³/mol. The van der Waals surface area contributed by atoms with Crippen molar-refractivity contribution in [3.63, 3.8) is 0 Å². The van der Waals surface area contributed by atoms with Crippen LogP contribution in [0.15, 0.2) is 104 Å². The summed E-state index contributed by atoms with van der Waals surface area (Å²) in [7, 11) is 4.31. The molecule has 2 aromatic carbocycles. The third-order valence-electron chi connectivity index (χ3n) is 6.78. The Bertz CT molecular complexity index is 1000. The summed E-state index contributed by atoms with van der Waals surface area (Å²) in [6, 6.07) is 28.3. The Labute approximate surface area is 249 Å². The standard InChI is InChI=1S/C10H15N.C9H7N.C6H13N.C5H11NO.C5H5N/c1-3-11(4-2)10-8-6-5-7-9-10;1-2-6-9-8(4-1)5-3-7-10-9;1-7-5-3-2-4-6-7;1-6-2-4-7-5-3-6;1-2-4-6-5-3-1/h5-9H,3-4H2,1-2H3;1-7H;2-6H2,1H3;2-5H2,1H3;1-5H. The summed E-state index contributed by atoms with van der Waals surface area (Å²) in [5.74, 6) is 0. The van der Waals surface area contributed by atoms with Crippen molar-refractivity contribution >= 4 is 16.6 Å². The molecule has 4 heterocycles. The Morgan fingerprint density at radius 3 is 1.66 bits per heavy atom. The van der Waals surface area contributed by atoms with Crippen LogP contribution < -0.4 is 4.90 Å². The monoisotopic (exact) mass is 557 g/mol. The van der Waals surface area contributed by atoms with Gasteiger partial charge in [0.05, 0.1) is 18.7 Å². The number of hydrogen-bond donors (Lipinski definition) is 0. The number of likely N-dealkylation sites (tertiary alicyclic amines) is 1. The lowest BCUT2D eigenvalue weighted by molar-refractivity contribution is 0.0503. The molecule has 0 spiro atoms. The first-order valence-corrected chi connectivity index (χ1v) is 15.0. The normalized spacial score (nSPS) is 14.8. The van der Waals surface area contributed by atoms with Gasteiger partial charge in [0.1, 0.15) is 0 Å². The number of anilines is 1. The largest absolute Gasteiger partial charge is 0.379 e. The summed E-state index contributed by atoms with van der Waals surface area (Å²) in [5.41, 5.74) is 2.38. The molecule has 6 nitrogen and oxygen atoms in total. The van der Waals surface area contributed by atoms with E-state index in [1.165, 1.54) is 43.4 Å². The van der Waals surface area contributed by atoms with Gasteiger partial charge < -0.3 is 19.4 Å². The van der Waals surface area contributed by atoms with Crippen LogP contribution in [0.5, 0.6) is 0 Å². The quantitative estimate of drug-likeness (QED) is 0.273. The molecule has 0 unspecified atom stereocenters. The zero-order valence-corrected chi connectivity index (χ0v) is 25.7. The van der Waals surface area contributed by atoms with E-state index in [1.54, 1.807) is 12.4 Å². The topological polar surface area (TPSA) is 44.7 Å². The third-order valence-corrected chi connectivity index (χ3v) is 6.78. The Balaban J connectivity index is 0.000000183. The number of piperidine rings is 1. The Kier molecular flexibility index (Phi) is 18.5. The molecule has 0 N–H and O–H groups in total. The number of fused-ring (bicyclic) bond motifs is 1. The lowest BCUT2D eigenvalue weighted by Gasteiger charge is -2.21. The molecule has 6 rings (SSSR count). The highest BCUT2D eigenvalue weighted by molar-refractivity contribution is 5.77. The summed E-state index contributed by atoms with van der Waals surface area (Å²) in [4.78, 5) is 15.0. The van der Waals surface area contributed by atoms with Gasteiger partial charge in [-0.1, -0.05) is 55.0 Å². The maximum absolute atomic E-state index is 5.10. The number of para-hydroxylation sites is 2. The van der Waals surface area contributed by atoms with Crippen molar-refractivity contribution in [2.45, 2.75) is 33.1 Å². The molecule has 2 aliphatic heterocycles. The SMILES string of the molecule is CCN(CC)c1ccccc1.CN1CCCCC1.CN1CCOCC1.c1ccc2ncccc2c1.c1ccncc1. The van der Waals surface area contributed by atoms with Crippen molar-refractivity contribution in [2.75, 3.05) is 71.5 Å². The molecule has 2 aromatic heterocycles. The van der Waals surface area contributed by atoms with E-state index in [-0.39, 0.29) is 0 Å². The molecular formula is C35H51N5O. The number of benzene rings is 2. The lowest BCUT2D eigenvalue weighted by atomic mass is 10.1. The second-order valence-corrected chi connectivity index (χ2v) is 10.0. The maximum Gasteiger partial charge on any atom is 0.0701 e. The molecular weight excluding hydrogens is 506 g/mol. The second kappa shape index (κ2) is 22.4. The number of rotatable bonds is 3. The first-order chi connectivity index (χ1) is 20.1. The molecule has 0 bridgehead atoms. The molecule has 2 aliphatic rings. The summed E-state index contributed by atoms with van der Waals surface area (Å²) in [5, 5.41) is 1.20. The van der Waals surface area contributed by atoms with Crippen molar-refractivity contribution in [2.24, 2.45) is 0 Å². The van der Waals surface area contributed by atoms with Gasteiger partial charge in [-0.3, -0.25) is 9.97 Å². The van der Waals surface area contributed by atoms with Gasteiger partial charge in [-0.25, -0.2) is 0 Å². The van der Waals surface area contributed by atoms with E-state index in [1.807, 2.05) is 54.7 Å². The van der Waals surface area contributed by atoms with Crippen LogP contribution >= 0.6 is 0 Å². The van der Waals surface area contributed by atoms with Gasteiger partial charge in [-0.15, -0.1) is 0 Å². The van der Waals surface area contributed by atoms with Crippen molar-refractivity contribution in [1.82, 2.24) is 19.8 Å². The van der Waals surface area contributed by atoms with Crippen LogP contribution in [-0.2, 0) is 4.74 Å². The van der Waals surface area contributed by atoms with Crippen molar-refractivity contribution < 1.29 is 4.74 Å². The van der Waals surface area contributed by atoms with Crippen LogP contribution in [0.2, 0.25) is 0 Å². The molecule has 2 fully saturated rings. The van der Waals surface area contributed by atoms with Crippen molar-refractivity contribution in [1.29, 1.82) is 0 Å². The van der Waals surface area contributed by atoms with Crippen LogP contribution in [-0.4, -0.2) is 86.3 Å². The maximum atomic E-state index is 5.10. The van der Waals surface area contributed by atoms with E-state index in [0.717, 1.165) is 44.9 Å². The Morgan fingerprint density at radius 1 is 0.634 bits per heavy atom. The summed E-state index contributed by atoms with van der Waals surface area (Å²) in [6.45, 7) is 13.2. The fourth-order valence-corrected chi connectivity index (χ4v) is 4.26. The number of nitrogens with zero attached hydrogens (tertiary/aromatic N) is 5. The Morgan fingerprint density at radius 2 is 1.20 bits per heavy atom. The number of likely N-dealkylation sites (N-methyl/N-ethyl adjacent to an activating group) is 1. The second-order valence-electron chi connectivity index (χ2n) is 10.0. The first-order valence-electron chi connectivity index (χ1n) is 15.0. The molecule has 0 aliphatic carbocycles. The van der Waals surface area contributed by atoms with Crippen LogP contribution in [0.25, 0.3) is 10.9 Å². The van der Waals surface area contributed by atoms with Gasteiger partial charge in [-0.05, 0) is 90.3 Å². The van der Waals surface area contributed by atoms with Gasteiger partial charge in [0.15, 0.2) is 0 Å². The van der Waals surface area contributed by atoms with E-state index in [4.69, 9.17) is 4.74 Å². The molecule has 6 heteroatoms. The van der Waals surface area contributed by atoms with Gasteiger partial charge in [0.2, 0.25) is 0 Å². The lowest BCUT2D eigenvalue weighted by Crippen LogP contribution is -2.32. The summed E-state index contributed by atoms with van der Waals surface area (Å²) in [6.07, 6.45) is 9.58. The van der Waals surface area contributed by atoms with Crippen molar-refractivity contribution in [3.8, 4) is 0 Å². The molecule has 4 aromatic rings. The third kappa shape index (κ3) is 15.9. The number of morpholine rings is 1.